The molecule has 0 spiro atoms. The van der Waals surface area contributed by atoms with Crippen molar-refractivity contribution in [3.8, 4) is 27.9 Å². The number of aromatic nitrogens is 1. The van der Waals surface area contributed by atoms with Crippen molar-refractivity contribution in [1.82, 2.24) is 4.57 Å². The molecule has 10 aromatic carbocycles. The Labute approximate surface area is 392 Å². The van der Waals surface area contributed by atoms with Gasteiger partial charge in [0, 0.05) is 60.4 Å². The van der Waals surface area contributed by atoms with Crippen molar-refractivity contribution in [2.75, 3.05) is 4.90 Å². The summed E-state index contributed by atoms with van der Waals surface area (Å²) < 4.78 is 15.5. The van der Waals surface area contributed by atoms with Gasteiger partial charge in [-0.3, -0.25) is 0 Å². The molecule has 3 heterocycles. The van der Waals surface area contributed by atoms with Crippen LogP contribution in [0.4, 0.5) is 11.4 Å². The Kier molecular flexibility index (Phi) is 9.29. The van der Waals surface area contributed by atoms with Crippen molar-refractivity contribution in [2.45, 2.75) is 0 Å². The van der Waals surface area contributed by atoms with Gasteiger partial charge in [0.25, 0.3) is 0 Å². The maximum atomic E-state index is 6.82. The van der Waals surface area contributed by atoms with E-state index in [9.17, 15) is 0 Å². The van der Waals surface area contributed by atoms with Crippen molar-refractivity contribution in [1.29, 1.82) is 0 Å². The van der Waals surface area contributed by atoms with Crippen LogP contribution in [0.1, 0.15) is 5.56 Å². The van der Waals surface area contributed by atoms with Crippen LogP contribution in [0.3, 0.4) is 0 Å². The number of furan rings is 2. The minimum atomic E-state index is 0.854. The van der Waals surface area contributed by atoms with Crippen LogP contribution in [0.5, 0.6) is 0 Å². The van der Waals surface area contributed by atoms with Crippen molar-refractivity contribution in [3.63, 3.8) is 0 Å². The summed E-state index contributed by atoms with van der Waals surface area (Å²) in [6, 6.07) is 77.5. The lowest BCUT2D eigenvalue weighted by Gasteiger charge is -2.29. The molecule has 0 aliphatic heterocycles. The first-order chi connectivity index (χ1) is 33.7. The molecule has 0 saturated carbocycles. The third-order valence-corrected chi connectivity index (χ3v) is 13.4. The largest absolute Gasteiger partial charge is 0.456 e. The molecule has 320 valence electrons. The highest BCUT2D eigenvalue weighted by Crippen LogP contribution is 2.44. The number of nitrogens with zero attached hydrogens (tertiary/aromatic N) is 2. The van der Waals surface area contributed by atoms with Gasteiger partial charge in [-0.15, -0.1) is 0 Å². The van der Waals surface area contributed by atoms with Gasteiger partial charge in [0.1, 0.15) is 22.3 Å². The van der Waals surface area contributed by atoms with Crippen LogP contribution >= 0.6 is 0 Å². The summed E-state index contributed by atoms with van der Waals surface area (Å²) in [5.41, 5.74) is 15.2. The normalized spacial score (nSPS) is 12.2. The summed E-state index contributed by atoms with van der Waals surface area (Å²) >= 11 is 0. The standard InChI is InChI=1S/C64H42N2O2/c1-2-46(20-15-17-42-33-38-53-52-25-9-14-32-61(52)67-62(53)39-42)65(58-29-11-8-24-51(58)54-26-16-27-55-56-40-44-18-3-4-19-45(44)41-63(56)68-64(54)55)47-36-34-43(35-37-47)48-21-5-10-28-57(48)66-59-30-12-6-22-49(59)50-23-7-13-31-60(50)66/h2-41H,1H2/b17-15+,46-20+. The minimum Gasteiger partial charge on any atom is -0.456 e. The molecule has 0 aliphatic carbocycles. The maximum Gasteiger partial charge on any atom is 0.143 e. The monoisotopic (exact) mass is 870 g/mol. The quantitative estimate of drug-likeness (QED) is 0.136. The Morgan fingerprint density at radius 1 is 0.456 bits per heavy atom. The fraction of sp³-hybridized carbons (Fsp3) is 0. The predicted molar refractivity (Wildman–Crippen MR) is 286 cm³/mol. The molecule has 0 amide bonds. The lowest BCUT2D eigenvalue weighted by molar-refractivity contribution is 0.669. The lowest BCUT2D eigenvalue weighted by Crippen LogP contribution is -2.16. The Bertz CT molecular complexity index is 4120. The molecule has 68 heavy (non-hydrogen) atoms. The number of para-hydroxylation sites is 6. The van der Waals surface area contributed by atoms with E-state index < -0.39 is 0 Å². The number of anilines is 2. The van der Waals surface area contributed by atoms with Gasteiger partial charge in [-0.2, -0.15) is 0 Å². The topological polar surface area (TPSA) is 34.5 Å². The number of hydrogen-bond acceptors (Lipinski definition) is 3. The summed E-state index contributed by atoms with van der Waals surface area (Å²) in [6.45, 7) is 4.41. The Balaban J connectivity index is 0.953. The molecule has 0 radical (unpaired) electrons. The van der Waals surface area contributed by atoms with Crippen LogP contribution in [-0.4, -0.2) is 4.57 Å². The van der Waals surface area contributed by atoms with Gasteiger partial charge in [-0.05, 0) is 101 Å². The second-order valence-electron chi connectivity index (χ2n) is 17.3. The van der Waals surface area contributed by atoms with E-state index in [-0.39, 0.29) is 0 Å². The molecular weight excluding hydrogens is 829 g/mol. The minimum absolute atomic E-state index is 0.854. The number of benzene rings is 10. The molecule has 3 aromatic heterocycles. The first-order valence-electron chi connectivity index (χ1n) is 23.0. The van der Waals surface area contributed by atoms with Crippen LogP contribution in [0.25, 0.3) is 110 Å². The molecular formula is C64H42N2O2. The van der Waals surface area contributed by atoms with E-state index in [2.05, 4.69) is 241 Å². The van der Waals surface area contributed by atoms with Gasteiger partial charge in [0.2, 0.25) is 0 Å². The van der Waals surface area contributed by atoms with Crippen molar-refractivity contribution < 1.29 is 8.83 Å². The van der Waals surface area contributed by atoms with Crippen LogP contribution < -0.4 is 4.90 Å². The highest BCUT2D eigenvalue weighted by Gasteiger charge is 2.22. The average Bonchev–Trinajstić information content (AvgIpc) is 4.07. The second-order valence-corrected chi connectivity index (χ2v) is 17.3. The summed E-state index contributed by atoms with van der Waals surface area (Å²) in [5, 5.41) is 9.23. The lowest BCUT2D eigenvalue weighted by atomic mass is 9.98. The van der Waals surface area contributed by atoms with E-state index in [0.29, 0.717) is 0 Å². The van der Waals surface area contributed by atoms with Gasteiger partial charge in [-0.1, -0.05) is 170 Å². The van der Waals surface area contributed by atoms with E-state index in [1.165, 1.54) is 27.2 Å². The molecule has 0 saturated heterocycles. The van der Waals surface area contributed by atoms with Gasteiger partial charge < -0.3 is 18.3 Å². The van der Waals surface area contributed by atoms with Crippen molar-refractivity contribution in [3.05, 3.63) is 254 Å². The molecule has 4 nitrogen and oxygen atoms in total. The van der Waals surface area contributed by atoms with Gasteiger partial charge in [0.05, 0.1) is 22.4 Å². The Hall–Kier alpha value is -9.12. The second kappa shape index (κ2) is 16.1. The first kappa shape index (κ1) is 39.3. The zero-order valence-corrected chi connectivity index (χ0v) is 37.0. The molecule has 0 fully saturated rings. The first-order valence-corrected chi connectivity index (χ1v) is 23.0. The average molecular weight is 871 g/mol. The van der Waals surface area contributed by atoms with Crippen LogP contribution in [0, 0.1) is 0 Å². The van der Waals surface area contributed by atoms with Crippen LogP contribution in [-0.2, 0) is 0 Å². The number of rotatable bonds is 9. The van der Waals surface area contributed by atoms with E-state index in [1.807, 2.05) is 18.2 Å². The van der Waals surface area contributed by atoms with Gasteiger partial charge in [0.15, 0.2) is 0 Å². The molecule has 0 atom stereocenters. The molecule has 0 unspecified atom stereocenters. The number of allylic oxidation sites excluding steroid dienone is 3. The zero-order chi connectivity index (χ0) is 45.1. The smallest absolute Gasteiger partial charge is 0.143 e. The highest BCUT2D eigenvalue weighted by molar-refractivity contribution is 6.14. The molecule has 13 aromatic rings. The van der Waals surface area contributed by atoms with E-state index in [4.69, 9.17) is 8.83 Å². The Morgan fingerprint density at radius 2 is 1.07 bits per heavy atom. The summed E-state index contributed by atoms with van der Waals surface area (Å²) in [5.74, 6) is 0. The molecule has 0 N–H and O–H groups in total. The van der Waals surface area contributed by atoms with Gasteiger partial charge >= 0.3 is 0 Å². The van der Waals surface area contributed by atoms with E-state index >= 15 is 0 Å². The van der Waals surface area contributed by atoms with Crippen molar-refractivity contribution >= 4 is 93.9 Å². The SMILES string of the molecule is C=C/C(=C\C=C\c1ccc2c(c1)oc1ccccc12)N(c1ccc(-c2ccccc2-n2c3ccccc3c3ccccc32)cc1)c1ccccc1-c1cccc2c1oc1cc3ccccc3cc12. The summed E-state index contributed by atoms with van der Waals surface area (Å²) in [4.78, 5) is 2.30. The summed E-state index contributed by atoms with van der Waals surface area (Å²) in [6.07, 6.45) is 8.28. The van der Waals surface area contributed by atoms with E-state index in [0.717, 1.165) is 99.8 Å². The van der Waals surface area contributed by atoms with Crippen LogP contribution in [0.2, 0.25) is 0 Å². The van der Waals surface area contributed by atoms with Crippen LogP contribution in [0.15, 0.2) is 258 Å². The number of hydrogen-bond donors (Lipinski definition) is 0. The fourth-order valence-corrected chi connectivity index (χ4v) is 10.2. The third kappa shape index (κ3) is 6.45. The predicted octanol–water partition coefficient (Wildman–Crippen LogP) is 18.0. The van der Waals surface area contributed by atoms with Gasteiger partial charge in [-0.25, -0.2) is 0 Å². The molecule has 0 aliphatic rings. The van der Waals surface area contributed by atoms with E-state index in [1.54, 1.807) is 0 Å². The maximum absolute atomic E-state index is 6.82. The molecule has 13 rings (SSSR count). The zero-order valence-electron chi connectivity index (χ0n) is 37.0. The third-order valence-electron chi connectivity index (χ3n) is 13.4. The number of fused-ring (bicyclic) bond motifs is 10. The summed E-state index contributed by atoms with van der Waals surface area (Å²) in [7, 11) is 0. The molecule has 4 heteroatoms. The fourth-order valence-electron chi connectivity index (χ4n) is 10.2. The van der Waals surface area contributed by atoms with Crippen molar-refractivity contribution in [2.24, 2.45) is 0 Å². The molecule has 0 bridgehead atoms. The Morgan fingerprint density at radius 3 is 1.87 bits per heavy atom. The highest BCUT2D eigenvalue weighted by atomic mass is 16.3.